The molecule has 0 aromatic heterocycles. The Hall–Kier alpha value is -3.76. The van der Waals surface area contributed by atoms with E-state index in [0.29, 0.717) is 23.3 Å². The zero-order valence-electron chi connectivity index (χ0n) is 16.8. The maximum absolute atomic E-state index is 13.2. The number of amides is 2. The molecule has 0 saturated carbocycles. The van der Waals surface area contributed by atoms with Crippen LogP contribution in [0.25, 0.3) is 0 Å². The Bertz CT molecular complexity index is 1270. The molecule has 7 heteroatoms. The Morgan fingerprint density at radius 1 is 0.968 bits per heavy atom. The number of carbonyl (C=O) groups is 1. The fourth-order valence-electron chi connectivity index (χ4n) is 3.22. The van der Waals surface area contributed by atoms with Gasteiger partial charge in [0.15, 0.2) is 0 Å². The maximum Gasteiger partial charge on any atom is 0.336 e. The van der Waals surface area contributed by atoms with Crippen molar-refractivity contribution in [1.82, 2.24) is 4.31 Å². The smallest absolute Gasteiger partial charge is 0.336 e. The molecule has 0 saturated heterocycles. The van der Waals surface area contributed by atoms with Crippen LogP contribution in [0, 0.1) is 11.8 Å². The highest BCUT2D eigenvalue weighted by atomic mass is 32.2. The van der Waals surface area contributed by atoms with Gasteiger partial charge in [-0.3, -0.25) is 0 Å². The number of hydrogen-bond donors (Lipinski definition) is 1. The lowest BCUT2D eigenvalue weighted by atomic mass is 10.1. The minimum Gasteiger partial charge on any atom is -0.497 e. The Kier molecular flexibility index (Phi) is 5.65. The lowest BCUT2D eigenvalue weighted by Crippen LogP contribution is -2.43. The van der Waals surface area contributed by atoms with Crippen LogP contribution in [-0.2, 0) is 23.0 Å². The molecule has 0 radical (unpaired) electrons. The second kappa shape index (κ2) is 8.54. The molecule has 0 unspecified atom stereocenters. The molecule has 2 amide bonds. The molecule has 4 rings (SSSR count). The van der Waals surface area contributed by atoms with Crippen molar-refractivity contribution in [3.05, 3.63) is 89.5 Å². The molecular weight excluding hydrogens is 412 g/mol. The molecule has 1 aliphatic rings. The zero-order chi connectivity index (χ0) is 21.8. The predicted octanol–water partition coefficient (Wildman–Crippen LogP) is 4.03. The number of sulfonamides is 1. The van der Waals surface area contributed by atoms with Gasteiger partial charge in [0, 0.05) is 12.0 Å². The highest BCUT2D eigenvalue weighted by Crippen LogP contribution is 2.32. The van der Waals surface area contributed by atoms with E-state index in [1.54, 1.807) is 43.5 Å². The van der Waals surface area contributed by atoms with Crippen molar-refractivity contribution in [3.8, 4) is 17.6 Å². The van der Waals surface area contributed by atoms with E-state index in [1.807, 2.05) is 30.3 Å². The first-order chi connectivity index (χ1) is 15.0. The van der Waals surface area contributed by atoms with Gasteiger partial charge < -0.3 is 10.1 Å². The molecule has 31 heavy (non-hydrogen) atoms. The zero-order valence-corrected chi connectivity index (χ0v) is 17.6. The highest BCUT2D eigenvalue weighted by molar-refractivity contribution is 7.90. The molecule has 1 N–H and O–H groups in total. The first-order valence-electron chi connectivity index (χ1n) is 9.61. The van der Waals surface area contributed by atoms with Gasteiger partial charge in [0.05, 0.1) is 19.3 Å². The SMILES string of the molecule is COc1ccc(CN2C(=O)Nc3ccc(C#CCc4ccccc4)cc3S2(=O)=O)cc1. The molecule has 1 heterocycles. The third kappa shape index (κ3) is 4.39. The molecule has 0 spiro atoms. The first kappa shape index (κ1) is 20.5. The molecule has 0 fully saturated rings. The van der Waals surface area contributed by atoms with Crippen LogP contribution in [0.4, 0.5) is 10.5 Å². The van der Waals surface area contributed by atoms with Crippen molar-refractivity contribution < 1.29 is 17.9 Å². The molecule has 0 atom stereocenters. The van der Waals surface area contributed by atoms with E-state index in [2.05, 4.69) is 17.2 Å². The van der Waals surface area contributed by atoms with Crippen LogP contribution in [0.15, 0.2) is 77.7 Å². The van der Waals surface area contributed by atoms with Gasteiger partial charge in [-0.25, -0.2) is 17.5 Å². The van der Waals surface area contributed by atoms with E-state index < -0.39 is 16.1 Å². The second-order valence-electron chi connectivity index (χ2n) is 6.96. The van der Waals surface area contributed by atoms with E-state index >= 15 is 0 Å². The number of ether oxygens (including phenoxy) is 1. The van der Waals surface area contributed by atoms with E-state index in [1.165, 1.54) is 6.07 Å². The van der Waals surface area contributed by atoms with Gasteiger partial charge in [-0.2, -0.15) is 0 Å². The first-order valence-corrected chi connectivity index (χ1v) is 11.0. The van der Waals surface area contributed by atoms with Gasteiger partial charge in [0.1, 0.15) is 10.6 Å². The third-order valence-electron chi connectivity index (χ3n) is 4.87. The Labute approximate surface area is 181 Å². The number of hydrogen-bond acceptors (Lipinski definition) is 4. The fourth-order valence-corrected chi connectivity index (χ4v) is 4.71. The number of methoxy groups -OCH3 is 1. The monoisotopic (exact) mass is 432 g/mol. The van der Waals surface area contributed by atoms with Crippen LogP contribution in [0.2, 0.25) is 0 Å². The summed E-state index contributed by atoms with van der Waals surface area (Å²) in [6.07, 6.45) is 0.561. The van der Waals surface area contributed by atoms with Gasteiger partial charge in [0.2, 0.25) is 0 Å². The molecule has 156 valence electrons. The lowest BCUT2D eigenvalue weighted by Gasteiger charge is -2.29. The van der Waals surface area contributed by atoms with Gasteiger partial charge in [-0.05, 0) is 41.5 Å². The standard InChI is InChI=1S/C24H20N2O4S/c1-30-21-13-10-20(11-14-21)17-26-24(27)25-22-15-12-19(16-23(22)31(26,28)29)9-5-8-18-6-3-2-4-7-18/h2-4,6-7,10-16H,8,17H2,1H3,(H,25,27). The molecule has 3 aromatic carbocycles. The predicted molar refractivity (Wildman–Crippen MR) is 118 cm³/mol. The second-order valence-corrected chi connectivity index (χ2v) is 8.80. The number of rotatable bonds is 4. The van der Waals surface area contributed by atoms with E-state index in [9.17, 15) is 13.2 Å². The summed E-state index contributed by atoms with van der Waals surface area (Å²) in [4.78, 5) is 12.5. The van der Waals surface area contributed by atoms with Crippen LogP contribution in [0.5, 0.6) is 5.75 Å². The minimum absolute atomic E-state index is 0.0344. The maximum atomic E-state index is 13.2. The summed E-state index contributed by atoms with van der Waals surface area (Å²) >= 11 is 0. The van der Waals surface area contributed by atoms with Crippen molar-refractivity contribution in [2.45, 2.75) is 17.9 Å². The van der Waals surface area contributed by atoms with Crippen LogP contribution < -0.4 is 10.1 Å². The lowest BCUT2D eigenvalue weighted by molar-refractivity contribution is 0.233. The number of urea groups is 1. The number of fused-ring (bicyclic) bond motifs is 1. The highest BCUT2D eigenvalue weighted by Gasteiger charge is 2.36. The Balaban J connectivity index is 1.60. The number of benzene rings is 3. The number of carbonyl (C=O) groups excluding carboxylic acids is 1. The average Bonchev–Trinajstić information content (AvgIpc) is 2.78. The summed E-state index contributed by atoms with van der Waals surface area (Å²) in [5.41, 5.74) is 2.57. The van der Waals surface area contributed by atoms with E-state index in [4.69, 9.17) is 4.74 Å². The van der Waals surface area contributed by atoms with Crippen molar-refractivity contribution in [2.75, 3.05) is 12.4 Å². The largest absolute Gasteiger partial charge is 0.497 e. The topological polar surface area (TPSA) is 75.7 Å². The van der Waals surface area contributed by atoms with E-state index in [-0.39, 0.29) is 17.1 Å². The van der Waals surface area contributed by atoms with Crippen LogP contribution in [0.3, 0.4) is 0 Å². The third-order valence-corrected chi connectivity index (χ3v) is 6.64. The number of anilines is 1. The average molecular weight is 433 g/mol. The Morgan fingerprint density at radius 3 is 2.42 bits per heavy atom. The number of nitrogens with one attached hydrogen (secondary N) is 1. The van der Waals surface area contributed by atoms with Gasteiger partial charge in [0.25, 0.3) is 10.0 Å². The van der Waals surface area contributed by atoms with Crippen LogP contribution >= 0.6 is 0 Å². The van der Waals surface area contributed by atoms with E-state index in [0.717, 1.165) is 9.87 Å². The number of nitrogens with zero attached hydrogens (tertiary/aromatic N) is 1. The summed E-state index contributed by atoms with van der Waals surface area (Å²) in [7, 11) is -2.47. The molecule has 6 nitrogen and oxygen atoms in total. The van der Waals surface area contributed by atoms with Gasteiger partial charge in [-0.15, -0.1) is 0 Å². The molecule has 0 bridgehead atoms. The summed E-state index contributed by atoms with van der Waals surface area (Å²) in [5, 5.41) is 2.65. The van der Waals surface area contributed by atoms with Crippen molar-refractivity contribution in [3.63, 3.8) is 0 Å². The Morgan fingerprint density at radius 2 is 1.71 bits per heavy atom. The molecule has 1 aliphatic heterocycles. The summed E-state index contributed by atoms with van der Waals surface area (Å²) in [5.74, 6) is 6.73. The molecular formula is C24H20N2O4S. The summed E-state index contributed by atoms with van der Waals surface area (Å²) in [6, 6.07) is 20.8. The van der Waals surface area contributed by atoms with Gasteiger partial charge in [-0.1, -0.05) is 54.3 Å². The minimum atomic E-state index is -4.02. The molecule has 3 aromatic rings. The fraction of sp³-hybridized carbons (Fsp3) is 0.125. The quantitative estimate of drug-likeness (QED) is 0.632. The van der Waals surface area contributed by atoms with Crippen molar-refractivity contribution in [2.24, 2.45) is 0 Å². The summed E-state index contributed by atoms with van der Waals surface area (Å²) in [6.45, 7) is -0.0818. The van der Waals surface area contributed by atoms with Crippen molar-refractivity contribution >= 4 is 21.7 Å². The normalized spacial score (nSPS) is 14.1. The van der Waals surface area contributed by atoms with Gasteiger partial charge >= 0.3 is 6.03 Å². The van der Waals surface area contributed by atoms with Crippen molar-refractivity contribution in [1.29, 1.82) is 0 Å². The van der Waals surface area contributed by atoms with Crippen LogP contribution in [0.1, 0.15) is 16.7 Å². The van der Waals surface area contributed by atoms with Crippen LogP contribution in [-0.4, -0.2) is 25.9 Å². The molecule has 0 aliphatic carbocycles. The summed E-state index contributed by atoms with van der Waals surface area (Å²) < 4.78 is 32.3.